The predicted molar refractivity (Wildman–Crippen MR) is 130 cm³/mol. The van der Waals surface area contributed by atoms with Gasteiger partial charge < -0.3 is 20.8 Å². The Morgan fingerprint density at radius 3 is 2.66 bits per heavy atom. The highest BCUT2D eigenvalue weighted by Gasteiger charge is 2.27. The third kappa shape index (κ3) is 5.05. The van der Waals surface area contributed by atoms with E-state index < -0.39 is 12.2 Å². The van der Waals surface area contributed by atoms with Gasteiger partial charge in [-0.3, -0.25) is 4.98 Å². The van der Waals surface area contributed by atoms with Crippen LogP contribution in [0.1, 0.15) is 55.6 Å². The molecule has 4 rings (SSSR count). The number of hydrogen-bond acceptors (Lipinski definition) is 9. The molecule has 1 saturated carbocycles. The van der Waals surface area contributed by atoms with Crippen molar-refractivity contribution in [2.24, 2.45) is 10.9 Å². The molecule has 8 nitrogen and oxygen atoms in total. The second kappa shape index (κ2) is 9.72. The van der Waals surface area contributed by atoms with Gasteiger partial charge in [0.15, 0.2) is 0 Å². The Morgan fingerprint density at radius 2 is 1.97 bits per heavy atom. The molecular weight excluding hydrogens is 424 g/mol. The van der Waals surface area contributed by atoms with Gasteiger partial charge in [0, 0.05) is 30.5 Å². The Hall–Kier alpha value is -2.23. The fraction of sp³-hybridized carbons (Fsp3) is 0.565. The maximum atomic E-state index is 10.7. The number of aliphatic imine (C=N–C) groups is 1. The van der Waals surface area contributed by atoms with Crippen LogP contribution in [0.3, 0.4) is 0 Å². The largest absolute Gasteiger partial charge is 0.393 e. The lowest BCUT2D eigenvalue weighted by Crippen LogP contribution is -2.35. The summed E-state index contributed by atoms with van der Waals surface area (Å²) in [6.45, 7) is 7.91. The zero-order chi connectivity index (χ0) is 22.8. The van der Waals surface area contributed by atoms with Crippen molar-refractivity contribution in [3.05, 3.63) is 34.8 Å². The van der Waals surface area contributed by atoms with E-state index in [1.165, 1.54) is 5.56 Å². The van der Waals surface area contributed by atoms with E-state index in [0.717, 1.165) is 46.3 Å². The normalized spacial score (nSPS) is 18.4. The highest BCUT2D eigenvalue weighted by molar-refractivity contribution is 8.13. The second-order valence-corrected chi connectivity index (χ2v) is 9.61. The van der Waals surface area contributed by atoms with E-state index in [1.54, 1.807) is 18.7 Å². The Labute approximate surface area is 193 Å². The first-order valence-electron chi connectivity index (χ1n) is 11.3. The van der Waals surface area contributed by atoms with E-state index in [2.05, 4.69) is 15.6 Å². The molecule has 0 radical (unpaired) electrons. The Bertz CT molecular complexity index is 1010. The Morgan fingerprint density at radius 1 is 1.19 bits per heavy atom. The van der Waals surface area contributed by atoms with Crippen molar-refractivity contribution >= 4 is 34.3 Å². The number of aliphatic hydroxyl groups is 2. The van der Waals surface area contributed by atoms with Crippen LogP contribution in [-0.4, -0.2) is 55.0 Å². The van der Waals surface area contributed by atoms with E-state index in [1.807, 2.05) is 33.0 Å². The highest BCUT2D eigenvalue weighted by atomic mass is 32.2. The van der Waals surface area contributed by atoms with Crippen LogP contribution < -0.4 is 10.6 Å². The molecule has 2 unspecified atom stereocenters. The number of pyridine rings is 1. The fourth-order valence-corrected chi connectivity index (χ4v) is 5.08. The summed E-state index contributed by atoms with van der Waals surface area (Å²) in [5, 5.41) is 28.2. The van der Waals surface area contributed by atoms with Crippen LogP contribution in [0.15, 0.2) is 17.3 Å². The van der Waals surface area contributed by atoms with Crippen LogP contribution in [0.2, 0.25) is 0 Å². The first-order chi connectivity index (χ1) is 15.4. The van der Waals surface area contributed by atoms with Crippen LogP contribution in [0.25, 0.3) is 0 Å². The van der Waals surface area contributed by atoms with Crippen LogP contribution in [0.4, 0.5) is 17.5 Å². The summed E-state index contributed by atoms with van der Waals surface area (Å²) in [6, 6.07) is 2.44. The average molecular weight is 457 g/mol. The molecule has 4 N–H and O–H groups in total. The average Bonchev–Trinajstić information content (AvgIpc) is 3.56. The molecule has 0 bridgehead atoms. The molecule has 2 aromatic rings. The molecule has 9 heteroatoms. The van der Waals surface area contributed by atoms with E-state index in [9.17, 15) is 10.2 Å². The van der Waals surface area contributed by atoms with Gasteiger partial charge in [0.05, 0.1) is 34.8 Å². The van der Waals surface area contributed by atoms with Gasteiger partial charge in [-0.2, -0.15) is 4.98 Å². The lowest BCUT2D eigenvalue weighted by Gasteiger charge is -2.25. The molecule has 0 aromatic carbocycles. The predicted octanol–water partition coefficient (Wildman–Crippen LogP) is 3.57. The summed E-state index contributed by atoms with van der Waals surface area (Å²) in [5.74, 6) is 1.84. The molecule has 0 amide bonds. The molecule has 2 aromatic heterocycles. The number of nitrogens with zero attached hydrogens (tertiary/aromatic N) is 4. The number of nitrogens with one attached hydrogen (secondary N) is 2. The van der Waals surface area contributed by atoms with E-state index in [0.29, 0.717) is 24.2 Å². The summed E-state index contributed by atoms with van der Waals surface area (Å²) in [7, 11) is 0. The summed E-state index contributed by atoms with van der Waals surface area (Å²) in [5.41, 5.74) is 4.66. The van der Waals surface area contributed by atoms with Crippen LogP contribution in [0, 0.1) is 19.8 Å². The van der Waals surface area contributed by atoms with Crippen molar-refractivity contribution < 1.29 is 10.2 Å². The third-order valence-corrected chi connectivity index (χ3v) is 7.07. The molecular formula is C23H32N6O2S. The van der Waals surface area contributed by atoms with Crippen molar-refractivity contribution in [2.45, 2.75) is 71.0 Å². The highest BCUT2D eigenvalue weighted by Crippen LogP contribution is 2.37. The van der Waals surface area contributed by atoms with Gasteiger partial charge in [-0.1, -0.05) is 6.92 Å². The van der Waals surface area contributed by atoms with Crippen LogP contribution in [0.5, 0.6) is 0 Å². The standard InChI is InChI=1S/C23H32N6O2S/c1-5-17(14(4)30)18(31)10-25-21-19(12(2)26-23(29-21)27-16-6-7-16)22-28-20-13(3)24-9-8-15(20)11-32-22/h8-9,14,16-18,30-31H,5-7,10-11H2,1-4H3,(H2,25,26,27,29)/t14?,17?,18-/m0/s1. The molecule has 0 spiro atoms. The topological polar surface area (TPSA) is 116 Å². The number of hydrogen-bond donors (Lipinski definition) is 4. The van der Waals surface area contributed by atoms with Crippen molar-refractivity contribution in [1.82, 2.24) is 15.0 Å². The summed E-state index contributed by atoms with van der Waals surface area (Å²) >= 11 is 1.66. The molecule has 2 aliphatic rings. The van der Waals surface area contributed by atoms with Gasteiger partial charge in [-0.05, 0) is 51.7 Å². The first-order valence-corrected chi connectivity index (χ1v) is 12.3. The number of aliphatic hydroxyl groups excluding tert-OH is 2. The van der Waals surface area contributed by atoms with Gasteiger partial charge in [0.2, 0.25) is 5.95 Å². The molecule has 32 heavy (non-hydrogen) atoms. The third-order valence-electron chi connectivity index (χ3n) is 6.05. The Kier molecular flexibility index (Phi) is 6.97. The second-order valence-electron chi connectivity index (χ2n) is 8.65. The first kappa shape index (κ1) is 22.9. The minimum Gasteiger partial charge on any atom is -0.393 e. The van der Waals surface area contributed by atoms with Crippen molar-refractivity contribution in [2.75, 3.05) is 17.2 Å². The SMILES string of the molecule is CCC(C(C)O)[C@@H](O)CNc1nc(NC2CC2)nc(C)c1C1=Nc2c(ccnc2C)CS1. The minimum atomic E-state index is -0.698. The minimum absolute atomic E-state index is 0.208. The fourth-order valence-electron chi connectivity index (χ4n) is 4.01. The molecule has 1 aliphatic heterocycles. The molecule has 172 valence electrons. The lowest BCUT2D eigenvalue weighted by atomic mass is 9.94. The molecule has 3 atom stereocenters. The van der Waals surface area contributed by atoms with Gasteiger partial charge >= 0.3 is 0 Å². The zero-order valence-electron chi connectivity index (χ0n) is 19.1. The monoisotopic (exact) mass is 456 g/mol. The quantitative estimate of drug-likeness (QED) is 0.453. The van der Waals surface area contributed by atoms with Gasteiger partial charge in [-0.15, -0.1) is 11.8 Å². The van der Waals surface area contributed by atoms with Gasteiger partial charge in [0.1, 0.15) is 10.9 Å². The maximum absolute atomic E-state index is 10.7. The Balaban J connectivity index is 1.67. The smallest absolute Gasteiger partial charge is 0.225 e. The maximum Gasteiger partial charge on any atom is 0.225 e. The molecule has 3 heterocycles. The molecule has 1 fully saturated rings. The summed E-state index contributed by atoms with van der Waals surface area (Å²) < 4.78 is 0. The van der Waals surface area contributed by atoms with Crippen molar-refractivity contribution in [3.63, 3.8) is 0 Å². The van der Waals surface area contributed by atoms with Crippen LogP contribution in [-0.2, 0) is 5.75 Å². The summed E-state index contributed by atoms with van der Waals surface area (Å²) in [6.07, 6.45) is 3.49. The number of fused-ring (bicyclic) bond motifs is 1. The number of aromatic nitrogens is 3. The number of rotatable bonds is 9. The number of anilines is 2. The number of thioether (sulfide) groups is 1. The molecule has 0 saturated heterocycles. The van der Waals surface area contributed by atoms with Crippen LogP contribution >= 0.6 is 11.8 Å². The molecule has 1 aliphatic carbocycles. The van der Waals surface area contributed by atoms with Gasteiger partial charge in [0.25, 0.3) is 0 Å². The van der Waals surface area contributed by atoms with Crippen molar-refractivity contribution in [3.8, 4) is 0 Å². The van der Waals surface area contributed by atoms with E-state index in [-0.39, 0.29) is 12.5 Å². The van der Waals surface area contributed by atoms with Crippen molar-refractivity contribution in [1.29, 1.82) is 0 Å². The van der Waals surface area contributed by atoms with E-state index in [4.69, 9.17) is 15.0 Å². The number of aryl methyl sites for hydroxylation is 2. The lowest BCUT2D eigenvalue weighted by molar-refractivity contribution is 0.0268. The van der Waals surface area contributed by atoms with E-state index >= 15 is 0 Å². The zero-order valence-corrected chi connectivity index (χ0v) is 19.9. The summed E-state index contributed by atoms with van der Waals surface area (Å²) in [4.78, 5) is 18.8. The van der Waals surface area contributed by atoms with Gasteiger partial charge in [-0.25, -0.2) is 9.98 Å².